The number of aryl methyl sites for hydroxylation is 1. The van der Waals surface area contributed by atoms with Gasteiger partial charge in [-0.1, -0.05) is 0 Å². The number of hydrogen-bond donors (Lipinski definition) is 0. The molecule has 76 valence electrons. The summed E-state index contributed by atoms with van der Waals surface area (Å²) in [6.45, 7) is 0.528. The molecule has 2 rings (SSSR count). The molecule has 0 atom stereocenters. The Kier molecular flexibility index (Phi) is 2.68. The van der Waals surface area contributed by atoms with Crippen LogP contribution in [0, 0.1) is 0 Å². The molecular weight excluding hydrogens is 178 g/mol. The van der Waals surface area contributed by atoms with Gasteiger partial charge in [-0.2, -0.15) is 0 Å². The average Bonchev–Trinajstić information content (AvgIpc) is 2.49. The Morgan fingerprint density at radius 1 is 1.36 bits per heavy atom. The first kappa shape index (κ1) is 9.46. The van der Waals surface area contributed by atoms with Gasteiger partial charge in [0.25, 0.3) is 0 Å². The quantitative estimate of drug-likeness (QED) is 0.673. The van der Waals surface area contributed by atoms with E-state index in [-0.39, 0.29) is 5.78 Å². The van der Waals surface area contributed by atoms with E-state index in [1.54, 1.807) is 7.11 Å². The van der Waals surface area contributed by atoms with Crippen molar-refractivity contribution in [2.45, 2.75) is 32.4 Å². The van der Waals surface area contributed by atoms with E-state index in [1.165, 1.54) is 5.56 Å². The van der Waals surface area contributed by atoms with Crippen LogP contribution in [0.25, 0.3) is 0 Å². The Morgan fingerprint density at radius 2 is 2.14 bits per heavy atom. The summed E-state index contributed by atoms with van der Waals surface area (Å²) in [4.78, 5) is 11.7. The highest BCUT2D eigenvalue weighted by molar-refractivity contribution is 5.97. The lowest BCUT2D eigenvalue weighted by Gasteiger charge is -1.99. The van der Waals surface area contributed by atoms with Crippen molar-refractivity contribution < 1.29 is 9.53 Å². The zero-order valence-corrected chi connectivity index (χ0v) is 8.45. The average molecular weight is 193 g/mol. The summed E-state index contributed by atoms with van der Waals surface area (Å²) in [6.07, 6.45) is 7.81. The van der Waals surface area contributed by atoms with Gasteiger partial charge in [-0.25, -0.2) is 0 Å². The number of ketones is 1. The van der Waals surface area contributed by atoms with E-state index in [1.807, 2.05) is 17.0 Å². The smallest absolute Gasteiger partial charge is 0.164 e. The molecule has 1 aromatic heterocycles. The van der Waals surface area contributed by atoms with Crippen LogP contribution in [0.15, 0.2) is 12.4 Å². The summed E-state index contributed by atoms with van der Waals surface area (Å²) >= 11 is 0. The fourth-order valence-electron chi connectivity index (χ4n) is 1.97. The Hall–Kier alpha value is -1.09. The molecule has 1 aromatic rings. The number of nitrogens with zero attached hydrogens (tertiary/aromatic N) is 1. The number of aromatic nitrogens is 1. The first-order chi connectivity index (χ1) is 6.81. The summed E-state index contributed by atoms with van der Waals surface area (Å²) in [5, 5.41) is 0. The van der Waals surface area contributed by atoms with Gasteiger partial charge >= 0.3 is 0 Å². The maximum atomic E-state index is 11.7. The highest BCUT2D eigenvalue weighted by Crippen LogP contribution is 2.21. The van der Waals surface area contributed by atoms with E-state index >= 15 is 0 Å². The lowest BCUT2D eigenvalue weighted by molar-refractivity contribution is 0.0980. The minimum Gasteiger partial charge on any atom is -0.364 e. The molecule has 0 spiro atoms. The third kappa shape index (κ3) is 1.73. The summed E-state index contributed by atoms with van der Waals surface area (Å²) in [5.74, 6) is 0.285. The van der Waals surface area contributed by atoms with Crippen molar-refractivity contribution in [1.29, 1.82) is 0 Å². The molecule has 14 heavy (non-hydrogen) atoms. The molecule has 1 aliphatic carbocycles. The fourth-order valence-corrected chi connectivity index (χ4v) is 1.97. The standard InChI is InChI=1S/C11H15NO2/c1-14-8-12-6-9-4-2-3-5-11(13)10(9)7-12/h6-7H,2-5,8H2,1H3. The van der Waals surface area contributed by atoms with E-state index in [0.717, 1.165) is 24.8 Å². The molecule has 0 saturated heterocycles. The van der Waals surface area contributed by atoms with Crippen LogP contribution in [0.4, 0.5) is 0 Å². The van der Waals surface area contributed by atoms with E-state index < -0.39 is 0 Å². The molecule has 0 bridgehead atoms. The zero-order chi connectivity index (χ0) is 9.97. The number of methoxy groups -OCH3 is 1. The van der Waals surface area contributed by atoms with Gasteiger partial charge in [-0.15, -0.1) is 0 Å². The van der Waals surface area contributed by atoms with Crippen molar-refractivity contribution >= 4 is 5.78 Å². The fraction of sp³-hybridized carbons (Fsp3) is 0.545. The van der Waals surface area contributed by atoms with Crippen molar-refractivity contribution in [1.82, 2.24) is 4.57 Å². The van der Waals surface area contributed by atoms with Gasteiger partial charge < -0.3 is 9.30 Å². The van der Waals surface area contributed by atoms with E-state index in [0.29, 0.717) is 13.2 Å². The van der Waals surface area contributed by atoms with Crippen LogP contribution in [0.2, 0.25) is 0 Å². The SMILES string of the molecule is COCn1cc2c(c1)C(=O)CCCC2. The molecule has 0 aromatic carbocycles. The summed E-state index contributed by atoms with van der Waals surface area (Å²) in [6, 6.07) is 0. The third-order valence-corrected chi connectivity index (χ3v) is 2.64. The lowest BCUT2D eigenvalue weighted by Crippen LogP contribution is -1.98. The van der Waals surface area contributed by atoms with E-state index in [2.05, 4.69) is 0 Å². The number of rotatable bonds is 2. The normalized spacial score (nSPS) is 16.5. The van der Waals surface area contributed by atoms with Crippen molar-refractivity contribution in [3.63, 3.8) is 0 Å². The summed E-state index contributed by atoms with van der Waals surface area (Å²) in [7, 11) is 1.66. The number of Topliss-reactive ketones (excluding diaryl/α,β-unsaturated/α-hetero) is 1. The third-order valence-electron chi connectivity index (χ3n) is 2.64. The van der Waals surface area contributed by atoms with Gasteiger partial charge in [0.2, 0.25) is 0 Å². The number of carbonyl (C=O) groups excluding carboxylic acids is 1. The molecule has 0 amide bonds. The molecule has 0 aliphatic heterocycles. The topological polar surface area (TPSA) is 31.2 Å². The highest BCUT2D eigenvalue weighted by Gasteiger charge is 2.17. The van der Waals surface area contributed by atoms with E-state index in [4.69, 9.17) is 4.74 Å². The lowest BCUT2D eigenvalue weighted by atomic mass is 10.1. The predicted octanol–water partition coefficient (Wildman–Crippen LogP) is 2.00. The maximum absolute atomic E-state index is 11.7. The maximum Gasteiger partial charge on any atom is 0.164 e. The van der Waals surface area contributed by atoms with Crippen LogP contribution in [0.3, 0.4) is 0 Å². The van der Waals surface area contributed by atoms with Crippen LogP contribution < -0.4 is 0 Å². The monoisotopic (exact) mass is 193 g/mol. The number of ether oxygens (including phenoxy) is 1. The first-order valence-corrected chi connectivity index (χ1v) is 5.02. The van der Waals surface area contributed by atoms with Crippen LogP contribution in [-0.2, 0) is 17.9 Å². The van der Waals surface area contributed by atoms with Crippen molar-refractivity contribution in [3.8, 4) is 0 Å². The van der Waals surface area contributed by atoms with Crippen LogP contribution in [0.1, 0.15) is 35.2 Å². The van der Waals surface area contributed by atoms with Gasteiger partial charge in [0.1, 0.15) is 6.73 Å². The summed E-state index contributed by atoms with van der Waals surface area (Å²) in [5.41, 5.74) is 2.09. The number of hydrogen-bond acceptors (Lipinski definition) is 2. The Labute approximate surface area is 83.7 Å². The van der Waals surface area contributed by atoms with Crippen LogP contribution >= 0.6 is 0 Å². The van der Waals surface area contributed by atoms with E-state index in [9.17, 15) is 4.79 Å². The van der Waals surface area contributed by atoms with Crippen LogP contribution in [-0.4, -0.2) is 17.5 Å². The minimum atomic E-state index is 0.285. The molecule has 3 heteroatoms. The second kappa shape index (κ2) is 3.96. The minimum absolute atomic E-state index is 0.285. The molecule has 1 heterocycles. The van der Waals surface area contributed by atoms with Gasteiger partial charge in [0.15, 0.2) is 5.78 Å². The van der Waals surface area contributed by atoms with Gasteiger partial charge in [-0.05, 0) is 24.8 Å². The van der Waals surface area contributed by atoms with Crippen molar-refractivity contribution in [2.24, 2.45) is 0 Å². The molecule has 1 aliphatic rings. The van der Waals surface area contributed by atoms with Gasteiger partial charge in [0.05, 0.1) is 0 Å². The number of fused-ring (bicyclic) bond motifs is 1. The summed E-state index contributed by atoms with van der Waals surface area (Å²) < 4.78 is 6.96. The molecule has 0 unspecified atom stereocenters. The zero-order valence-electron chi connectivity index (χ0n) is 8.45. The van der Waals surface area contributed by atoms with Crippen LogP contribution in [0.5, 0.6) is 0 Å². The molecule has 0 N–H and O–H groups in total. The molecule has 0 fully saturated rings. The van der Waals surface area contributed by atoms with Gasteiger partial charge in [0, 0.05) is 31.5 Å². The van der Waals surface area contributed by atoms with Crippen molar-refractivity contribution in [2.75, 3.05) is 7.11 Å². The highest BCUT2D eigenvalue weighted by atomic mass is 16.5. The Balaban J connectivity index is 2.29. The number of carbonyl (C=O) groups is 1. The first-order valence-electron chi connectivity index (χ1n) is 5.02. The Bertz CT molecular complexity index is 341. The van der Waals surface area contributed by atoms with Crippen molar-refractivity contribution in [3.05, 3.63) is 23.5 Å². The predicted molar refractivity (Wildman–Crippen MR) is 53.3 cm³/mol. The largest absolute Gasteiger partial charge is 0.364 e. The van der Waals surface area contributed by atoms with Gasteiger partial charge in [-0.3, -0.25) is 4.79 Å². The molecule has 3 nitrogen and oxygen atoms in total. The second-order valence-electron chi connectivity index (χ2n) is 3.76. The molecular formula is C11H15NO2. The molecule has 0 saturated carbocycles. The second-order valence-corrected chi connectivity index (χ2v) is 3.76. The molecule has 0 radical (unpaired) electrons. The Morgan fingerprint density at radius 3 is 2.93 bits per heavy atom.